The Morgan fingerprint density at radius 1 is 1.14 bits per heavy atom. The van der Waals surface area contributed by atoms with Gasteiger partial charge in [-0.2, -0.15) is 0 Å². The van der Waals surface area contributed by atoms with E-state index >= 15 is 0 Å². The summed E-state index contributed by atoms with van der Waals surface area (Å²) in [6.07, 6.45) is 3.03. The van der Waals surface area contributed by atoms with Crippen molar-refractivity contribution in [2.75, 3.05) is 23.7 Å². The summed E-state index contributed by atoms with van der Waals surface area (Å²) < 4.78 is 0. The lowest BCUT2D eigenvalue weighted by Crippen LogP contribution is -2.35. The maximum absolute atomic E-state index is 5.14. The van der Waals surface area contributed by atoms with Crippen molar-refractivity contribution in [2.24, 2.45) is 4.99 Å². The number of amidine groups is 1. The van der Waals surface area contributed by atoms with Crippen LogP contribution in [0.4, 0.5) is 5.69 Å². The van der Waals surface area contributed by atoms with Gasteiger partial charge in [-0.25, -0.2) is 0 Å². The van der Waals surface area contributed by atoms with Gasteiger partial charge in [-0.15, -0.1) is 0 Å². The van der Waals surface area contributed by atoms with Crippen LogP contribution >= 0.6 is 11.8 Å². The predicted molar refractivity (Wildman–Crippen MR) is 120 cm³/mol. The lowest BCUT2D eigenvalue weighted by Gasteiger charge is -2.33. The van der Waals surface area contributed by atoms with Crippen LogP contribution in [-0.4, -0.2) is 39.9 Å². The molecule has 2 aliphatic heterocycles. The highest BCUT2D eigenvalue weighted by atomic mass is 32.2. The van der Waals surface area contributed by atoms with Crippen LogP contribution < -0.4 is 4.90 Å². The van der Waals surface area contributed by atoms with Gasteiger partial charge in [-0.1, -0.05) is 30.8 Å². The number of aliphatic imine (C=N–C) groups is 1. The summed E-state index contributed by atoms with van der Waals surface area (Å²) in [4.78, 5) is 14.8. The fourth-order valence-electron chi connectivity index (χ4n) is 4.46. The minimum atomic E-state index is 0.0658. The first-order valence-electron chi connectivity index (χ1n) is 10.4. The molecule has 4 nitrogen and oxygen atoms in total. The number of aryl methyl sites for hydroxylation is 1. The number of rotatable bonds is 6. The molecule has 0 amide bonds. The molecule has 4 rings (SSSR count). The third-order valence-corrected chi connectivity index (χ3v) is 7.16. The Kier molecular flexibility index (Phi) is 5.63. The lowest BCUT2D eigenvalue weighted by molar-refractivity contribution is 0.254. The monoisotopic (exact) mass is 394 g/mol. The quantitative estimate of drug-likeness (QED) is 0.673. The van der Waals surface area contributed by atoms with Crippen LogP contribution in [0, 0.1) is 6.92 Å². The molecule has 2 aliphatic rings. The van der Waals surface area contributed by atoms with Crippen molar-refractivity contribution in [3.8, 4) is 0 Å². The van der Waals surface area contributed by atoms with Crippen LogP contribution in [0.15, 0.2) is 47.6 Å². The van der Waals surface area contributed by atoms with Gasteiger partial charge >= 0.3 is 0 Å². The van der Waals surface area contributed by atoms with Gasteiger partial charge < -0.3 is 9.80 Å². The molecule has 0 radical (unpaired) electrons. The summed E-state index contributed by atoms with van der Waals surface area (Å²) >= 11 is 1.90. The fourth-order valence-corrected chi connectivity index (χ4v) is 5.80. The van der Waals surface area contributed by atoms with Crippen LogP contribution in [-0.2, 0) is 0 Å². The van der Waals surface area contributed by atoms with E-state index in [1.54, 1.807) is 0 Å². The average molecular weight is 395 g/mol. The number of thioether (sulfide) groups is 1. The normalized spacial score (nSPS) is 23.6. The number of aromatic nitrogens is 1. The van der Waals surface area contributed by atoms with E-state index in [9.17, 15) is 0 Å². The molecule has 3 heterocycles. The molecule has 1 aromatic heterocycles. The maximum atomic E-state index is 5.14. The second-order valence-corrected chi connectivity index (χ2v) is 8.54. The van der Waals surface area contributed by atoms with Gasteiger partial charge in [0.15, 0.2) is 5.17 Å². The summed E-state index contributed by atoms with van der Waals surface area (Å²) in [7, 11) is 0. The Hall–Kier alpha value is -2.01. The van der Waals surface area contributed by atoms with E-state index < -0.39 is 0 Å². The Balaban J connectivity index is 1.76. The number of fused-ring (bicyclic) bond motifs is 1. The Morgan fingerprint density at radius 3 is 2.61 bits per heavy atom. The first kappa shape index (κ1) is 19.3. The highest BCUT2D eigenvalue weighted by molar-refractivity contribution is 8.14. The highest BCUT2D eigenvalue weighted by Gasteiger charge is 2.45. The van der Waals surface area contributed by atoms with Crippen LogP contribution in [0.5, 0.6) is 0 Å². The molecule has 0 bridgehead atoms. The van der Waals surface area contributed by atoms with Gasteiger partial charge in [0, 0.05) is 36.8 Å². The molecule has 5 heteroatoms. The van der Waals surface area contributed by atoms with Crippen molar-refractivity contribution in [1.82, 2.24) is 9.88 Å². The van der Waals surface area contributed by atoms with Gasteiger partial charge in [0.2, 0.25) is 0 Å². The maximum Gasteiger partial charge on any atom is 0.160 e. The molecular weight excluding hydrogens is 364 g/mol. The molecule has 1 saturated heterocycles. The number of nitrogens with zero attached hydrogens (tertiary/aromatic N) is 4. The summed E-state index contributed by atoms with van der Waals surface area (Å²) in [5.41, 5.74) is 5.10. The molecule has 0 N–H and O–H groups in total. The Morgan fingerprint density at radius 2 is 1.96 bits per heavy atom. The van der Waals surface area contributed by atoms with Crippen LogP contribution in [0.2, 0.25) is 0 Å². The molecule has 28 heavy (non-hydrogen) atoms. The van der Waals surface area contributed by atoms with Crippen LogP contribution in [0.25, 0.3) is 0 Å². The van der Waals surface area contributed by atoms with Crippen LogP contribution in [0.1, 0.15) is 56.1 Å². The van der Waals surface area contributed by atoms with Crippen LogP contribution in [0.3, 0.4) is 0 Å². The second-order valence-electron chi connectivity index (χ2n) is 7.55. The topological polar surface area (TPSA) is 31.7 Å². The standard InChI is InChI=1S/C23H30N4S/c1-5-17-15-28-23-25-21(20-10-8-9-13-24-20)22(27(17)23)19-12-11-18(14-16(19)4)26(6-2)7-3/h8-14,17,21-22H,5-7,15H2,1-4H3. The largest absolute Gasteiger partial charge is 0.372 e. The Labute approximate surface area is 173 Å². The minimum absolute atomic E-state index is 0.0658. The van der Waals surface area contributed by atoms with E-state index in [1.807, 2.05) is 24.0 Å². The number of pyridine rings is 1. The molecule has 2 aromatic rings. The molecule has 0 saturated carbocycles. The SMILES string of the molecule is CCC1CSC2=NC(c3ccccn3)C(c3ccc(N(CC)CC)cc3C)N21. The summed E-state index contributed by atoms with van der Waals surface area (Å²) in [5, 5.41) is 1.19. The van der Waals surface area contributed by atoms with Gasteiger partial charge in [0.25, 0.3) is 0 Å². The smallest absolute Gasteiger partial charge is 0.160 e. The number of hydrogen-bond donors (Lipinski definition) is 0. The first-order chi connectivity index (χ1) is 13.7. The summed E-state index contributed by atoms with van der Waals surface area (Å²) in [6.45, 7) is 11.0. The van der Waals surface area contributed by atoms with Gasteiger partial charge in [-0.3, -0.25) is 9.98 Å². The second kappa shape index (κ2) is 8.16. The molecule has 0 aliphatic carbocycles. The zero-order chi connectivity index (χ0) is 19.7. The first-order valence-corrected chi connectivity index (χ1v) is 11.4. The zero-order valence-electron chi connectivity index (χ0n) is 17.3. The molecule has 0 spiro atoms. The van der Waals surface area contributed by atoms with E-state index in [4.69, 9.17) is 4.99 Å². The van der Waals surface area contributed by atoms with Crippen molar-refractivity contribution < 1.29 is 0 Å². The van der Waals surface area contributed by atoms with E-state index in [2.05, 4.69) is 72.8 Å². The Bertz CT molecular complexity index is 847. The van der Waals surface area contributed by atoms with Gasteiger partial charge in [0.1, 0.15) is 6.04 Å². The summed E-state index contributed by atoms with van der Waals surface area (Å²) in [5.74, 6) is 1.14. The van der Waals surface area contributed by atoms with E-state index in [-0.39, 0.29) is 12.1 Å². The van der Waals surface area contributed by atoms with Gasteiger partial charge in [-0.05, 0) is 62.6 Å². The third kappa shape index (κ3) is 3.30. The fraction of sp³-hybridized carbons (Fsp3) is 0.478. The van der Waals surface area contributed by atoms with Crippen molar-refractivity contribution >= 4 is 22.6 Å². The van der Waals surface area contributed by atoms with Crippen molar-refractivity contribution in [3.05, 3.63) is 59.4 Å². The predicted octanol–water partition coefficient (Wildman–Crippen LogP) is 5.22. The van der Waals surface area contributed by atoms with E-state index in [0.717, 1.165) is 31.0 Å². The number of hydrogen-bond acceptors (Lipinski definition) is 5. The minimum Gasteiger partial charge on any atom is -0.372 e. The average Bonchev–Trinajstić information content (AvgIpc) is 3.29. The zero-order valence-corrected chi connectivity index (χ0v) is 18.1. The molecule has 1 aromatic carbocycles. The van der Waals surface area contributed by atoms with Crippen molar-refractivity contribution in [2.45, 2.75) is 52.2 Å². The summed E-state index contributed by atoms with van der Waals surface area (Å²) in [6, 6.07) is 14.0. The van der Waals surface area contributed by atoms with Crippen molar-refractivity contribution in [3.63, 3.8) is 0 Å². The van der Waals surface area contributed by atoms with E-state index in [0.29, 0.717) is 6.04 Å². The molecule has 3 atom stereocenters. The molecular formula is C23H30N4S. The molecule has 3 unspecified atom stereocenters. The number of anilines is 1. The van der Waals surface area contributed by atoms with Crippen molar-refractivity contribution in [1.29, 1.82) is 0 Å². The molecule has 148 valence electrons. The highest BCUT2D eigenvalue weighted by Crippen LogP contribution is 2.49. The number of benzene rings is 1. The van der Waals surface area contributed by atoms with E-state index in [1.165, 1.54) is 22.0 Å². The van der Waals surface area contributed by atoms with Gasteiger partial charge in [0.05, 0.1) is 11.7 Å². The molecule has 1 fully saturated rings. The third-order valence-electron chi connectivity index (χ3n) is 6.03. The lowest BCUT2D eigenvalue weighted by atomic mass is 9.91.